The average Bonchev–Trinajstić information content (AvgIpc) is 2.89. The summed E-state index contributed by atoms with van der Waals surface area (Å²) in [7, 11) is -2.00. The molecule has 0 saturated heterocycles. The first-order valence-corrected chi connectivity index (χ1v) is 15.1. The molecule has 8 heteroatoms. The number of benzene rings is 1. The van der Waals surface area contributed by atoms with Gasteiger partial charge in [-0.1, -0.05) is 83.8 Å². The van der Waals surface area contributed by atoms with Gasteiger partial charge in [0.1, 0.15) is 12.4 Å². The molecular weight excluding hydrogens is 477 g/mol. The first kappa shape index (κ1) is 32.8. The lowest BCUT2D eigenvalue weighted by molar-refractivity contribution is -0.136. The second-order valence-electron chi connectivity index (χ2n) is 9.17. The van der Waals surface area contributed by atoms with E-state index in [4.69, 9.17) is 18.5 Å². The molecule has 0 aliphatic carbocycles. The van der Waals surface area contributed by atoms with Gasteiger partial charge in [0.05, 0.1) is 13.2 Å². The van der Waals surface area contributed by atoms with Gasteiger partial charge in [0, 0.05) is 0 Å². The molecule has 0 aromatic heterocycles. The van der Waals surface area contributed by atoms with Gasteiger partial charge < -0.3 is 28.7 Å². The van der Waals surface area contributed by atoms with Crippen LogP contribution in [0.2, 0.25) is 0 Å². The monoisotopic (exact) mass is 527 g/mol. The van der Waals surface area contributed by atoms with Gasteiger partial charge in [-0.3, -0.25) is 4.79 Å². The number of carbonyl (C=O) groups excluding carboxylic acids is 1. The molecular formula is C28H50NO6P. The molecule has 36 heavy (non-hydrogen) atoms. The van der Waals surface area contributed by atoms with Crippen LogP contribution in [0.15, 0.2) is 24.3 Å². The van der Waals surface area contributed by atoms with Crippen molar-refractivity contribution in [3.8, 4) is 5.75 Å². The van der Waals surface area contributed by atoms with Crippen molar-refractivity contribution in [2.75, 3.05) is 32.9 Å². The van der Waals surface area contributed by atoms with Crippen molar-refractivity contribution in [1.82, 2.24) is 5.32 Å². The molecule has 0 aliphatic heterocycles. The predicted octanol–water partition coefficient (Wildman–Crippen LogP) is 6.71. The van der Waals surface area contributed by atoms with E-state index < -0.39 is 14.7 Å². The molecule has 0 saturated carbocycles. The summed E-state index contributed by atoms with van der Waals surface area (Å²) >= 11 is 0. The molecule has 0 fully saturated rings. The molecule has 0 bridgehead atoms. The molecule has 1 rings (SSSR count). The fraction of sp³-hybridized carbons (Fsp3) is 0.750. The standard InChI is InChI=1S/C28H50NO6P/c1-3-5-6-7-8-9-10-11-12-13-16-26-17-19-27(20-18-26)32-23-28(33-25-30)24-35-36(31)34-22-15-14-21-29-4-2/h17-20,25,28-29,31H,3-16,21-24H2,1-2H3. The van der Waals surface area contributed by atoms with Gasteiger partial charge in [0.15, 0.2) is 6.10 Å². The molecule has 0 amide bonds. The Morgan fingerprint density at radius 2 is 1.53 bits per heavy atom. The molecule has 2 atom stereocenters. The first-order chi connectivity index (χ1) is 17.7. The number of unbranched alkanes of at least 4 members (excludes halogenated alkanes) is 10. The predicted molar refractivity (Wildman–Crippen MR) is 147 cm³/mol. The van der Waals surface area contributed by atoms with Gasteiger partial charge in [-0.25, -0.2) is 0 Å². The second-order valence-corrected chi connectivity index (χ2v) is 10.2. The number of hydrogen-bond acceptors (Lipinski definition) is 7. The highest BCUT2D eigenvalue weighted by molar-refractivity contribution is 7.40. The van der Waals surface area contributed by atoms with E-state index in [0.29, 0.717) is 18.8 Å². The zero-order valence-electron chi connectivity index (χ0n) is 22.6. The fourth-order valence-electron chi connectivity index (χ4n) is 3.82. The first-order valence-electron chi connectivity index (χ1n) is 14.0. The lowest BCUT2D eigenvalue weighted by Gasteiger charge is -2.18. The van der Waals surface area contributed by atoms with Crippen LogP contribution in [0.25, 0.3) is 0 Å². The van der Waals surface area contributed by atoms with E-state index >= 15 is 0 Å². The van der Waals surface area contributed by atoms with E-state index in [0.717, 1.165) is 32.4 Å². The summed E-state index contributed by atoms with van der Waals surface area (Å²) < 4.78 is 21.4. The highest BCUT2D eigenvalue weighted by atomic mass is 31.2. The molecule has 7 nitrogen and oxygen atoms in total. The summed E-state index contributed by atoms with van der Waals surface area (Å²) in [4.78, 5) is 20.7. The van der Waals surface area contributed by atoms with Crippen LogP contribution in [0.1, 0.15) is 96.5 Å². The van der Waals surface area contributed by atoms with Crippen molar-refractivity contribution in [2.45, 2.75) is 103 Å². The van der Waals surface area contributed by atoms with Gasteiger partial charge in [-0.15, -0.1) is 0 Å². The molecule has 2 unspecified atom stereocenters. The molecule has 0 aliphatic rings. The van der Waals surface area contributed by atoms with Gasteiger partial charge in [0.25, 0.3) is 6.47 Å². The van der Waals surface area contributed by atoms with E-state index in [-0.39, 0.29) is 13.2 Å². The van der Waals surface area contributed by atoms with Crippen molar-refractivity contribution >= 4 is 15.1 Å². The van der Waals surface area contributed by atoms with Crippen molar-refractivity contribution in [2.24, 2.45) is 0 Å². The number of carbonyl (C=O) groups is 1. The average molecular weight is 528 g/mol. The van der Waals surface area contributed by atoms with Crippen LogP contribution in [0.5, 0.6) is 5.75 Å². The number of hydrogen-bond donors (Lipinski definition) is 2. The molecule has 2 N–H and O–H groups in total. The molecule has 0 heterocycles. The maximum atomic E-state index is 10.8. The van der Waals surface area contributed by atoms with Crippen molar-refractivity contribution < 1.29 is 28.2 Å². The number of aryl methyl sites for hydroxylation is 1. The van der Waals surface area contributed by atoms with Crippen LogP contribution < -0.4 is 10.1 Å². The van der Waals surface area contributed by atoms with E-state index in [9.17, 15) is 9.69 Å². The third-order valence-corrected chi connectivity index (χ3v) is 6.77. The van der Waals surface area contributed by atoms with Gasteiger partial charge in [-0.2, -0.15) is 0 Å². The molecule has 1 aromatic carbocycles. The van der Waals surface area contributed by atoms with Crippen LogP contribution in [0.3, 0.4) is 0 Å². The normalized spacial score (nSPS) is 12.9. The zero-order valence-corrected chi connectivity index (χ0v) is 23.5. The quantitative estimate of drug-likeness (QED) is 0.0786. The summed E-state index contributed by atoms with van der Waals surface area (Å²) in [5.74, 6) is 0.713. The van der Waals surface area contributed by atoms with E-state index in [1.165, 1.54) is 69.8 Å². The van der Waals surface area contributed by atoms with Gasteiger partial charge in [0.2, 0.25) is 0 Å². The van der Waals surface area contributed by atoms with Crippen LogP contribution in [-0.2, 0) is 25.0 Å². The Kier molecular flexibility index (Phi) is 22.0. The highest BCUT2D eigenvalue weighted by Crippen LogP contribution is 2.33. The number of rotatable bonds is 26. The maximum absolute atomic E-state index is 10.8. The Labute approximate surface area is 220 Å². The highest BCUT2D eigenvalue weighted by Gasteiger charge is 2.16. The van der Waals surface area contributed by atoms with Crippen LogP contribution in [-0.4, -0.2) is 50.4 Å². The van der Waals surface area contributed by atoms with Crippen LogP contribution in [0.4, 0.5) is 0 Å². The van der Waals surface area contributed by atoms with Crippen molar-refractivity contribution in [1.29, 1.82) is 0 Å². The smallest absolute Gasteiger partial charge is 0.329 e. The van der Waals surface area contributed by atoms with Crippen molar-refractivity contribution in [3.05, 3.63) is 29.8 Å². The summed E-state index contributed by atoms with van der Waals surface area (Å²) in [6.07, 6.45) is 15.7. The Hall–Kier alpha value is -1.24. The fourth-order valence-corrected chi connectivity index (χ4v) is 4.47. The topological polar surface area (TPSA) is 86.2 Å². The largest absolute Gasteiger partial charge is 0.490 e. The zero-order chi connectivity index (χ0) is 26.1. The number of nitrogens with one attached hydrogen (secondary N) is 1. The molecule has 0 spiro atoms. The van der Waals surface area contributed by atoms with Gasteiger partial charge >= 0.3 is 8.60 Å². The van der Waals surface area contributed by atoms with Crippen LogP contribution >= 0.6 is 8.60 Å². The molecule has 0 radical (unpaired) electrons. The third-order valence-electron chi connectivity index (χ3n) is 6.00. The van der Waals surface area contributed by atoms with Crippen molar-refractivity contribution in [3.63, 3.8) is 0 Å². The lowest BCUT2D eigenvalue weighted by atomic mass is 10.0. The van der Waals surface area contributed by atoms with E-state index in [1.807, 2.05) is 12.1 Å². The second kappa shape index (κ2) is 24.1. The Morgan fingerprint density at radius 3 is 2.17 bits per heavy atom. The minimum Gasteiger partial charge on any atom is -0.490 e. The minimum atomic E-state index is -2.00. The lowest BCUT2D eigenvalue weighted by Crippen LogP contribution is -2.26. The van der Waals surface area contributed by atoms with Gasteiger partial charge in [-0.05, 0) is 56.5 Å². The summed E-state index contributed by atoms with van der Waals surface area (Å²) in [5.41, 5.74) is 1.31. The third kappa shape index (κ3) is 18.9. The maximum Gasteiger partial charge on any atom is 0.329 e. The van der Waals surface area contributed by atoms with Crippen LogP contribution in [0, 0.1) is 0 Å². The summed E-state index contributed by atoms with van der Waals surface area (Å²) in [6, 6.07) is 8.07. The summed E-state index contributed by atoms with van der Waals surface area (Å²) in [5, 5.41) is 3.24. The SMILES string of the molecule is CCCCCCCCCCCCc1ccc(OCC(COP(O)OCCCCNCC)OC=O)cc1. The molecule has 1 aromatic rings. The summed E-state index contributed by atoms with van der Waals surface area (Å²) in [6.45, 7) is 7.14. The van der Waals surface area contributed by atoms with E-state index in [2.05, 4.69) is 31.3 Å². The Balaban J connectivity index is 2.16. The minimum absolute atomic E-state index is 0.00908. The molecule has 208 valence electrons. The Bertz CT molecular complexity index is 619. The Morgan fingerprint density at radius 1 is 0.861 bits per heavy atom. The number of ether oxygens (including phenoxy) is 2. The van der Waals surface area contributed by atoms with E-state index in [1.54, 1.807) is 0 Å².